The van der Waals surface area contributed by atoms with Gasteiger partial charge in [0.15, 0.2) is 5.76 Å². The molecule has 108 valence electrons. The van der Waals surface area contributed by atoms with E-state index in [1.807, 2.05) is 19.9 Å². The van der Waals surface area contributed by atoms with Crippen LogP contribution in [0.15, 0.2) is 22.6 Å². The summed E-state index contributed by atoms with van der Waals surface area (Å²) in [6.07, 6.45) is 0. The van der Waals surface area contributed by atoms with E-state index in [1.165, 1.54) is 0 Å². The minimum absolute atomic E-state index is 0.0925. The van der Waals surface area contributed by atoms with Crippen molar-refractivity contribution in [1.29, 1.82) is 0 Å². The Hall–Kier alpha value is -2.90. The van der Waals surface area contributed by atoms with Crippen molar-refractivity contribution in [3.8, 4) is 5.75 Å². The number of carbonyl (C=O) groups excluding carboxylic acids is 1. The first kappa shape index (κ1) is 13.1. The van der Waals surface area contributed by atoms with E-state index in [-0.39, 0.29) is 11.7 Å². The summed E-state index contributed by atoms with van der Waals surface area (Å²) in [6, 6.07) is 5.43. The van der Waals surface area contributed by atoms with Gasteiger partial charge in [0.1, 0.15) is 11.3 Å². The number of amides is 1. The first-order chi connectivity index (χ1) is 10.2. The molecule has 0 aliphatic carbocycles. The van der Waals surface area contributed by atoms with E-state index in [4.69, 9.17) is 9.15 Å². The third kappa shape index (κ3) is 2.42. The summed E-state index contributed by atoms with van der Waals surface area (Å²) in [4.78, 5) is 12.2. The number of nitrogens with one attached hydrogen (secondary N) is 2. The minimum atomic E-state index is -0.428. The van der Waals surface area contributed by atoms with E-state index in [0.717, 1.165) is 16.7 Å². The Morgan fingerprint density at radius 3 is 3.05 bits per heavy atom. The zero-order valence-electron chi connectivity index (χ0n) is 11.5. The Balaban J connectivity index is 1.95. The lowest BCUT2D eigenvalue weighted by molar-refractivity contribution is 0.0997. The number of aromatic nitrogens is 4. The molecule has 0 aliphatic rings. The summed E-state index contributed by atoms with van der Waals surface area (Å²) in [5.41, 5.74) is 1.35. The van der Waals surface area contributed by atoms with Crippen LogP contribution >= 0.6 is 0 Å². The molecule has 1 amide bonds. The normalized spacial score (nSPS) is 10.8. The van der Waals surface area contributed by atoms with Gasteiger partial charge in [-0.3, -0.25) is 10.1 Å². The molecule has 0 bridgehead atoms. The number of H-pyrrole nitrogens is 1. The van der Waals surface area contributed by atoms with Gasteiger partial charge in [0, 0.05) is 10.9 Å². The molecule has 0 spiro atoms. The van der Waals surface area contributed by atoms with Crippen LogP contribution in [0.2, 0.25) is 0 Å². The Morgan fingerprint density at radius 2 is 2.33 bits per heavy atom. The quantitative estimate of drug-likeness (QED) is 0.759. The fourth-order valence-corrected chi connectivity index (χ4v) is 2.05. The van der Waals surface area contributed by atoms with Gasteiger partial charge in [-0.1, -0.05) is 5.10 Å². The summed E-state index contributed by atoms with van der Waals surface area (Å²) < 4.78 is 11.0. The fraction of sp³-hybridized carbons (Fsp3) is 0.231. The SMILES string of the molecule is CCOc1ccc2oc(C(=O)Nc3nn[nH]n3)c(C)c2c1. The number of ether oxygens (including phenoxy) is 1. The third-order valence-electron chi connectivity index (χ3n) is 3.00. The number of hydrogen-bond acceptors (Lipinski definition) is 6. The summed E-state index contributed by atoms with van der Waals surface area (Å²) in [5.74, 6) is 0.611. The van der Waals surface area contributed by atoms with Crippen molar-refractivity contribution in [1.82, 2.24) is 20.6 Å². The Bertz CT molecular complexity index is 779. The number of fused-ring (bicyclic) bond motifs is 1. The topological polar surface area (TPSA) is 106 Å². The lowest BCUT2D eigenvalue weighted by atomic mass is 10.1. The highest BCUT2D eigenvalue weighted by Crippen LogP contribution is 2.29. The van der Waals surface area contributed by atoms with E-state index in [0.29, 0.717) is 12.2 Å². The number of hydrogen-bond donors (Lipinski definition) is 2. The molecule has 21 heavy (non-hydrogen) atoms. The van der Waals surface area contributed by atoms with Gasteiger partial charge in [-0.25, -0.2) is 0 Å². The molecule has 0 atom stereocenters. The second-order valence-electron chi connectivity index (χ2n) is 4.34. The number of tetrazole rings is 1. The van der Waals surface area contributed by atoms with Gasteiger partial charge in [0.2, 0.25) is 0 Å². The molecular formula is C13H13N5O3. The Labute approximate surface area is 119 Å². The summed E-state index contributed by atoms with van der Waals surface area (Å²) in [7, 11) is 0. The number of anilines is 1. The van der Waals surface area contributed by atoms with Crippen LogP contribution < -0.4 is 10.1 Å². The van der Waals surface area contributed by atoms with Crippen LogP contribution in [0.25, 0.3) is 11.0 Å². The fourth-order valence-electron chi connectivity index (χ4n) is 2.05. The van der Waals surface area contributed by atoms with E-state index >= 15 is 0 Å². The standard InChI is InChI=1S/C13H13N5O3/c1-3-20-8-4-5-10-9(6-8)7(2)11(21-10)12(19)14-13-15-17-18-16-13/h4-6H,3H2,1-2H3,(H2,14,15,16,17,18,19). The van der Waals surface area contributed by atoms with E-state index in [2.05, 4.69) is 25.9 Å². The van der Waals surface area contributed by atoms with E-state index in [9.17, 15) is 4.79 Å². The van der Waals surface area contributed by atoms with Crippen molar-refractivity contribution in [3.05, 3.63) is 29.5 Å². The molecule has 2 aromatic heterocycles. The Morgan fingerprint density at radius 1 is 1.48 bits per heavy atom. The number of rotatable bonds is 4. The average molecular weight is 287 g/mol. The minimum Gasteiger partial charge on any atom is -0.494 e. The number of furan rings is 1. The zero-order valence-corrected chi connectivity index (χ0v) is 11.5. The molecule has 0 saturated heterocycles. The average Bonchev–Trinajstić information content (AvgIpc) is 3.08. The van der Waals surface area contributed by atoms with Crippen molar-refractivity contribution in [2.24, 2.45) is 0 Å². The third-order valence-corrected chi connectivity index (χ3v) is 3.00. The smallest absolute Gasteiger partial charge is 0.294 e. The maximum atomic E-state index is 12.2. The lowest BCUT2D eigenvalue weighted by Gasteiger charge is -2.01. The second kappa shape index (κ2) is 5.23. The van der Waals surface area contributed by atoms with Gasteiger partial charge in [-0.15, -0.1) is 5.10 Å². The summed E-state index contributed by atoms with van der Waals surface area (Å²) in [5, 5.41) is 16.3. The van der Waals surface area contributed by atoms with Crippen molar-refractivity contribution >= 4 is 22.8 Å². The molecule has 8 heteroatoms. The van der Waals surface area contributed by atoms with Crippen LogP contribution in [-0.2, 0) is 0 Å². The highest BCUT2D eigenvalue weighted by molar-refractivity contribution is 6.05. The first-order valence-corrected chi connectivity index (χ1v) is 6.39. The van der Waals surface area contributed by atoms with Gasteiger partial charge < -0.3 is 9.15 Å². The predicted octanol–water partition coefficient (Wildman–Crippen LogP) is 1.91. The number of carbonyl (C=O) groups is 1. The van der Waals surface area contributed by atoms with Crippen molar-refractivity contribution in [2.45, 2.75) is 13.8 Å². The van der Waals surface area contributed by atoms with Gasteiger partial charge >= 0.3 is 0 Å². The van der Waals surface area contributed by atoms with Gasteiger partial charge in [0.05, 0.1) is 6.61 Å². The largest absolute Gasteiger partial charge is 0.494 e. The highest BCUT2D eigenvalue weighted by atomic mass is 16.5. The molecule has 0 radical (unpaired) electrons. The molecule has 1 aromatic carbocycles. The predicted molar refractivity (Wildman–Crippen MR) is 74.3 cm³/mol. The summed E-state index contributed by atoms with van der Waals surface area (Å²) >= 11 is 0. The number of nitrogens with zero attached hydrogens (tertiary/aromatic N) is 3. The van der Waals surface area contributed by atoms with Crippen LogP contribution in [0.4, 0.5) is 5.95 Å². The molecule has 2 N–H and O–H groups in total. The second-order valence-corrected chi connectivity index (χ2v) is 4.34. The monoisotopic (exact) mass is 287 g/mol. The Kier molecular flexibility index (Phi) is 3.27. The molecule has 2 heterocycles. The maximum Gasteiger partial charge on any atom is 0.294 e. The number of benzene rings is 1. The lowest BCUT2D eigenvalue weighted by Crippen LogP contribution is -2.13. The molecule has 8 nitrogen and oxygen atoms in total. The van der Waals surface area contributed by atoms with E-state index in [1.54, 1.807) is 12.1 Å². The van der Waals surface area contributed by atoms with Crippen LogP contribution in [0.1, 0.15) is 23.0 Å². The first-order valence-electron chi connectivity index (χ1n) is 6.39. The molecule has 0 unspecified atom stereocenters. The maximum absolute atomic E-state index is 12.2. The molecule has 0 saturated carbocycles. The molecule has 3 aromatic rings. The summed E-state index contributed by atoms with van der Waals surface area (Å²) in [6.45, 7) is 4.30. The number of aromatic amines is 1. The van der Waals surface area contributed by atoms with Gasteiger partial charge in [-0.2, -0.15) is 5.21 Å². The zero-order chi connectivity index (χ0) is 14.8. The van der Waals surface area contributed by atoms with Gasteiger partial charge in [-0.05, 0) is 37.3 Å². The van der Waals surface area contributed by atoms with Crippen molar-refractivity contribution in [2.75, 3.05) is 11.9 Å². The molecular weight excluding hydrogens is 274 g/mol. The van der Waals surface area contributed by atoms with Crippen molar-refractivity contribution < 1.29 is 13.9 Å². The highest BCUT2D eigenvalue weighted by Gasteiger charge is 2.19. The molecule has 0 aliphatic heterocycles. The molecule has 3 rings (SSSR count). The van der Waals surface area contributed by atoms with Crippen LogP contribution in [0.5, 0.6) is 5.75 Å². The van der Waals surface area contributed by atoms with Crippen LogP contribution in [-0.4, -0.2) is 33.1 Å². The van der Waals surface area contributed by atoms with Gasteiger partial charge in [0.25, 0.3) is 11.9 Å². The molecule has 0 fully saturated rings. The van der Waals surface area contributed by atoms with Crippen LogP contribution in [0, 0.1) is 6.92 Å². The van der Waals surface area contributed by atoms with Crippen molar-refractivity contribution in [3.63, 3.8) is 0 Å². The number of aryl methyl sites for hydroxylation is 1. The van der Waals surface area contributed by atoms with E-state index < -0.39 is 5.91 Å². The van der Waals surface area contributed by atoms with Crippen LogP contribution in [0.3, 0.4) is 0 Å².